The highest BCUT2D eigenvalue weighted by atomic mass is 16.4. The Hall–Kier alpha value is -2.62. The summed E-state index contributed by atoms with van der Waals surface area (Å²) in [7, 11) is 0. The van der Waals surface area contributed by atoms with Crippen LogP contribution in [0, 0.1) is 0 Å². The maximum absolute atomic E-state index is 11.3. The first kappa shape index (κ1) is 16.7. The van der Waals surface area contributed by atoms with Crippen molar-refractivity contribution in [2.24, 2.45) is 0 Å². The van der Waals surface area contributed by atoms with E-state index in [-0.39, 0.29) is 6.42 Å². The topological polar surface area (TPSA) is 74.6 Å². The Kier molecular flexibility index (Phi) is 5.52. The second-order valence-electron chi connectivity index (χ2n) is 5.56. The molecule has 0 aliphatic rings. The number of aliphatic carboxylic acids is 2. The largest absolute Gasteiger partial charge is 0.481 e. The average Bonchev–Trinajstić information content (AvgIpc) is 2.50. The molecule has 0 aromatic heterocycles. The molecule has 0 fully saturated rings. The summed E-state index contributed by atoms with van der Waals surface area (Å²) in [5.74, 6) is -2.40. The van der Waals surface area contributed by atoms with Crippen molar-refractivity contribution in [3.05, 3.63) is 70.8 Å². The second-order valence-corrected chi connectivity index (χ2v) is 5.56. The fourth-order valence-corrected chi connectivity index (χ4v) is 2.73. The van der Waals surface area contributed by atoms with E-state index in [2.05, 4.69) is 0 Å². The molecule has 0 saturated carbocycles. The van der Waals surface area contributed by atoms with Gasteiger partial charge >= 0.3 is 11.9 Å². The molecule has 2 aromatic rings. The molecular weight excluding hydrogens is 292 g/mol. The summed E-state index contributed by atoms with van der Waals surface area (Å²) in [5, 5.41) is 18.4. The lowest BCUT2D eigenvalue weighted by Crippen LogP contribution is -2.12. The summed E-state index contributed by atoms with van der Waals surface area (Å²) in [5.41, 5.74) is 3.35. The molecule has 2 N–H and O–H groups in total. The second kappa shape index (κ2) is 7.58. The van der Waals surface area contributed by atoms with E-state index in [1.807, 2.05) is 43.3 Å². The number of rotatable bonds is 7. The summed E-state index contributed by atoms with van der Waals surface area (Å²) in [6.45, 7) is 1.81. The number of hydrogen-bond acceptors (Lipinski definition) is 2. The Morgan fingerprint density at radius 2 is 1.70 bits per heavy atom. The summed E-state index contributed by atoms with van der Waals surface area (Å²) < 4.78 is 0. The van der Waals surface area contributed by atoms with Gasteiger partial charge in [0.15, 0.2) is 0 Å². The number of hydrogen-bond donors (Lipinski definition) is 2. The van der Waals surface area contributed by atoms with Crippen LogP contribution in [0.15, 0.2) is 48.5 Å². The molecule has 4 nitrogen and oxygen atoms in total. The molecular formula is C19H20O4. The highest BCUT2D eigenvalue weighted by Gasteiger charge is 2.19. The van der Waals surface area contributed by atoms with Crippen molar-refractivity contribution in [3.8, 4) is 0 Å². The van der Waals surface area contributed by atoms with Crippen LogP contribution in [0.1, 0.15) is 41.5 Å². The summed E-state index contributed by atoms with van der Waals surface area (Å²) >= 11 is 0. The van der Waals surface area contributed by atoms with Gasteiger partial charge in [-0.15, -0.1) is 0 Å². The molecule has 0 aliphatic heterocycles. The zero-order valence-corrected chi connectivity index (χ0v) is 13.0. The minimum Gasteiger partial charge on any atom is -0.481 e. The van der Waals surface area contributed by atoms with Crippen molar-refractivity contribution in [1.82, 2.24) is 0 Å². The molecule has 4 heteroatoms. The van der Waals surface area contributed by atoms with Crippen molar-refractivity contribution in [1.29, 1.82) is 0 Å². The van der Waals surface area contributed by atoms with Gasteiger partial charge in [0.05, 0.1) is 12.3 Å². The first-order valence-corrected chi connectivity index (χ1v) is 7.61. The fraction of sp³-hybridized carbons (Fsp3) is 0.263. The zero-order chi connectivity index (χ0) is 16.8. The van der Waals surface area contributed by atoms with Crippen molar-refractivity contribution < 1.29 is 19.8 Å². The minimum absolute atomic E-state index is 0.105. The van der Waals surface area contributed by atoms with Gasteiger partial charge in [-0.05, 0) is 35.1 Å². The molecule has 0 bridgehead atoms. The van der Waals surface area contributed by atoms with Crippen LogP contribution in [0.5, 0.6) is 0 Å². The molecule has 0 radical (unpaired) electrons. The molecule has 1 unspecified atom stereocenters. The van der Waals surface area contributed by atoms with Gasteiger partial charge in [-0.25, -0.2) is 0 Å². The monoisotopic (exact) mass is 312 g/mol. The van der Waals surface area contributed by atoms with Crippen molar-refractivity contribution in [2.75, 3.05) is 0 Å². The Balaban J connectivity index is 2.38. The summed E-state index contributed by atoms with van der Waals surface area (Å²) in [6, 6.07) is 15.2. The van der Waals surface area contributed by atoms with Gasteiger partial charge in [0.25, 0.3) is 0 Å². The van der Waals surface area contributed by atoms with E-state index < -0.39 is 17.9 Å². The van der Waals surface area contributed by atoms with Crippen LogP contribution in [-0.4, -0.2) is 22.2 Å². The van der Waals surface area contributed by atoms with E-state index in [0.717, 1.165) is 11.1 Å². The molecule has 0 saturated heterocycles. The molecule has 2 rings (SSSR count). The maximum Gasteiger partial charge on any atom is 0.310 e. The molecule has 0 aliphatic carbocycles. The van der Waals surface area contributed by atoms with Crippen LogP contribution in [0.3, 0.4) is 0 Å². The third-order valence-electron chi connectivity index (χ3n) is 3.92. The van der Waals surface area contributed by atoms with Gasteiger partial charge in [0.1, 0.15) is 0 Å². The molecule has 120 valence electrons. The van der Waals surface area contributed by atoms with Gasteiger partial charge in [-0.1, -0.05) is 55.5 Å². The van der Waals surface area contributed by atoms with Gasteiger partial charge in [-0.3, -0.25) is 9.59 Å². The lowest BCUT2D eigenvalue weighted by molar-refractivity contribution is -0.139. The predicted molar refractivity (Wildman–Crippen MR) is 87.7 cm³/mol. The van der Waals surface area contributed by atoms with E-state index in [0.29, 0.717) is 24.0 Å². The van der Waals surface area contributed by atoms with Crippen molar-refractivity contribution >= 4 is 11.9 Å². The normalized spacial score (nSPS) is 11.9. The average molecular weight is 312 g/mol. The van der Waals surface area contributed by atoms with E-state index in [4.69, 9.17) is 5.11 Å². The number of carboxylic acid groups (broad SMARTS) is 2. The molecule has 0 spiro atoms. The third kappa shape index (κ3) is 4.42. The first-order valence-electron chi connectivity index (χ1n) is 7.61. The summed E-state index contributed by atoms with van der Waals surface area (Å²) in [6.07, 6.45) is 1.000. The van der Waals surface area contributed by atoms with Gasteiger partial charge in [0.2, 0.25) is 0 Å². The standard InChI is InChI=1S/C19H20O4/c1-2-17(19(22)23)15-9-8-14(16(11-15)12-18(20)21)10-13-6-4-3-5-7-13/h3-9,11,17H,2,10,12H2,1H3,(H,20,21)(H,22,23). The highest BCUT2D eigenvalue weighted by Crippen LogP contribution is 2.24. The maximum atomic E-state index is 11.3. The van der Waals surface area contributed by atoms with E-state index in [1.54, 1.807) is 12.1 Å². The number of carbonyl (C=O) groups is 2. The number of benzene rings is 2. The summed E-state index contributed by atoms with van der Waals surface area (Å²) in [4.78, 5) is 22.5. The van der Waals surface area contributed by atoms with Crippen molar-refractivity contribution in [3.63, 3.8) is 0 Å². The smallest absolute Gasteiger partial charge is 0.310 e. The molecule has 0 heterocycles. The Morgan fingerprint density at radius 1 is 1.00 bits per heavy atom. The molecule has 0 amide bonds. The molecule has 1 atom stereocenters. The van der Waals surface area contributed by atoms with E-state index >= 15 is 0 Å². The lowest BCUT2D eigenvalue weighted by atomic mass is 9.90. The van der Waals surface area contributed by atoms with Crippen LogP contribution in [0.4, 0.5) is 0 Å². The minimum atomic E-state index is -0.917. The molecule has 2 aromatic carbocycles. The third-order valence-corrected chi connectivity index (χ3v) is 3.92. The fourth-order valence-electron chi connectivity index (χ4n) is 2.73. The SMILES string of the molecule is CCC(C(=O)O)c1ccc(Cc2ccccc2)c(CC(=O)O)c1. The van der Waals surface area contributed by atoms with E-state index in [1.165, 1.54) is 0 Å². The van der Waals surface area contributed by atoms with Gasteiger partial charge in [0, 0.05) is 0 Å². The van der Waals surface area contributed by atoms with Crippen LogP contribution in [0.2, 0.25) is 0 Å². The lowest BCUT2D eigenvalue weighted by Gasteiger charge is -2.15. The van der Waals surface area contributed by atoms with Gasteiger partial charge in [-0.2, -0.15) is 0 Å². The predicted octanol–water partition coefficient (Wildman–Crippen LogP) is 3.48. The Labute approximate surface area is 135 Å². The van der Waals surface area contributed by atoms with Crippen LogP contribution < -0.4 is 0 Å². The van der Waals surface area contributed by atoms with Crippen LogP contribution in [-0.2, 0) is 22.4 Å². The quantitative estimate of drug-likeness (QED) is 0.821. The number of carboxylic acids is 2. The zero-order valence-electron chi connectivity index (χ0n) is 13.0. The van der Waals surface area contributed by atoms with Gasteiger partial charge < -0.3 is 10.2 Å². The Morgan fingerprint density at radius 3 is 2.26 bits per heavy atom. The highest BCUT2D eigenvalue weighted by molar-refractivity contribution is 5.76. The van der Waals surface area contributed by atoms with Crippen LogP contribution >= 0.6 is 0 Å². The van der Waals surface area contributed by atoms with E-state index in [9.17, 15) is 14.7 Å². The van der Waals surface area contributed by atoms with Crippen molar-refractivity contribution in [2.45, 2.75) is 32.1 Å². The van der Waals surface area contributed by atoms with Crippen LogP contribution in [0.25, 0.3) is 0 Å². The first-order chi connectivity index (χ1) is 11.0. The Bertz CT molecular complexity index is 692. The molecule has 23 heavy (non-hydrogen) atoms.